The molecule has 4 nitrogen and oxygen atoms in total. The zero-order chi connectivity index (χ0) is 13.0. The highest BCUT2D eigenvalue weighted by Gasteiger charge is 2.09. The molecule has 1 aliphatic heterocycles. The van der Waals surface area contributed by atoms with Crippen molar-refractivity contribution in [3.05, 3.63) is 29.3 Å². The van der Waals surface area contributed by atoms with Crippen LogP contribution >= 0.6 is 11.8 Å². The van der Waals surface area contributed by atoms with Gasteiger partial charge in [0.2, 0.25) is 5.91 Å². The molecule has 1 aromatic carbocycles. The number of hydrogen-bond donors (Lipinski definition) is 2. The smallest absolute Gasteiger partial charge is 0.234 e. The Morgan fingerprint density at radius 2 is 2.11 bits per heavy atom. The van der Waals surface area contributed by atoms with E-state index in [0.717, 1.165) is 35.1 Å². The number of nitrogens with one attached hydrogen (secondary N) is 2. The molecule has 0 aromatic heterocycles. The Kier molecular flexibility index (Phi) is 4.25. The summed E-state index contributed by atoms with van der Waals surface area (Å²) in [5.41, 5.74) is 3.17. The molecular formula is C13H17N3OS. The van der Waals surface area contributed by atoms with Gasteiger partial charge < -0.3 is 10.6 Å². The summed E-state index contributed by atoms with van der Waals surface area (Å²) in [6.45, 7) is 5.73. The van der Waals surface area contributed by atoms with E-state index in [2.05, 4.69) is 21.7 Å². The number of rotatable bonds is 3. The highest BCUT2D eigenvalue weighted by molar-refractivity contribution is 8.14. The second kappa shape index (κ2) is 5.91. The third-order valence-electron chi connectivity index (χ3n) is 2.49. The van der Waals surface area contributed by atoms with E-state index >= 15 is 0 Å². The maximum atomic E-state index is 11.8. The highest BCUT2D eigenvalue weighted by atomic mass is 32.2. The van der Waals surface area contributed by atoms with Gasteiger partial charge in [0.15, 0.2) is 5.17 Å². The number of thioether (sulfide) groups is 1. The van der Waals surface area contributed by atoms with E-state index in [9.17, 15) is 4.79 Å². The van der Waals surface area contributed by atoms with Crippen molar-refractivity contribution in [3.63, 3.8) is 0 Å². The second-order valence-electron chi connectivity index (χ2n) is 4.33. The summed E-state index contributed by atoms with van der Waals surface area (Å²) < 4.78 is 0. The van der Waals surface area contributed by atoms with Gasteiger partial charge in [0, 0.05) is 12.2 Å². The fraction of sp³-hybridized carbons (Fsp3) is 0.385. The van der Waals surface area contributed by atoms with Crippen molar-refractivity contribution in [1.29, 1.82) is 0 Å². The minimum Gasteiger partial charge on any atom is -0.363 e. The largest absolute Gasteiger partial charge is 0.363 e. The maximum Gasteiger partial charge on any atom is 0.234 e. The summed E-state index contributed by atoms with van der Waals surface area (Å²) in [6, 6.07) is 6.03. The molecule has 0 unspecified atom stereocenters. The first kappa shape index (κ1) is 13.0. The fourth-order valence-corrected chi connectivity index (χ4v) is 2.58. The maximum absolute atomic E-state index is 11.8. The van der Waals surface area contributed by atoms with Crippen molar-refractivity contribution in [2.24, 2.45) is 4.99 Å². The number of aliphatic imine (C=N–C) groups is 1. The van der Waals surface area contributed by atoms with Crippen LogP contribution < -0.4 is 10.6 Å². The molecule has 1 aliphatic rings. The summed E-state index contributed by atoms with van der Waals surface area (Å²) in [4.78, 5) is 16.0. The van der Waals surface area contributed by atoms with Crippen LogP contribution in [-0.4, -0.2) is 29.9 Å². The Labute approximate surface area is 111 Å². The molecule has 2 rings (SSSR count). The van der Waals surface area contributed by atoms with E-state index in [1.165, 1.54) is 11.8 Å². The number of anilines is 1. The second-order valence-corrected chi connectivity index (χ2v) is 5.29. The quantitative estimate of drug-likeness (QED) is 0.876. The van der Waals surface area contributed by atoms with Crippen LogP contribution in [-0.2, 0) is 4.79 Å². The molecule has 18 heavy (non-hydrogen) atoms. The van der Waals surface area contributed by atoms with Crippen LogP contribution in [0.3, 0.4) is 0 Å². The van der Waals surface area contributed by atoms with Crippen molar-refractivity contribution < 1.29 is 4.79 Å². The normalized spacial score (nSPS) is 14.0. The molecule has 0 saturated heterocycles. The number of benzene rings is 1. The summed E-state index contributed by atoms with van der Waals surface area (Å²) >= 11 is 1.45. The predicted molar refractivity (Wildman–Crippen MR) is 77.3 cm³/mol. The summed E-state index contributed by atoms with van der Waals surface area (Å²) in [7, 11) is 0. The van der Waals surface area contributed by atoms with Crippen molar-refractivity contribution in [2.45, 2.75) is 13.8 Å². The van der Waals surface area contributed by atoms with Crippen molar-refractivity contribution in [1.82, 2.24) is 5.32 Å². The van der Waals surface area contributed by atoms with Gasteiger partial charge in [-0.15, -0.1) is 0 Å². The Morgan fingerprint density at radius 3 is 2.72 bits per heavy atom. The van der Waals surface area contributed by atoms with Gasteiger partial charge in [0.25, 0.3) is 0 Å². The van der Waals surface area contributed by atoms with Gasteiger partial charge in [0.1, 0.15) is 0 Å². The molecule has 1 heterocycles. The Balaban J connectivity index is 1.86. The summed E-state index contributed by atoms with van der Waals surface area (Å²) in [5, 5.41) is 6.90. The first-order chi connectivity index (χ1) is 8.63. The van der Waals surface area contributed by atoms with Gasteiger partial charge in [-0.1, -0.05) is 17.8 Å². The first-order valence-corrected chi connectivity index (χ1v) is 6.91. The third kappa shape index (κ3) is 3.77. The van der Waals surface area contributed by atoms with Gasteiger partial charge in [-0.2, -0.15) is 0 Å². The van der Waals surface area contributed by atoms with E-state index in [1.54, 1.807) is 0 Å². The first-order valence-electron chi connectivity index (χ1n) is 5.93. The van der Waals surface area contributed by atoms with E-state index in [4.69, 9.17) is 0 Å². The topological polar surface area (TPSA) is 53.5 Å². The number of carbonyl (C=O) groups is 1. The van der Waals surface area contributed by atoms with Crippen LogP contribution in [0.5, 0.6) is 0 Å². The van der Waals surface area contributed by atoms with Crippen LogP contribution in [0, 0.1) is 13.8 Å². The average molecular weight is 263 g/mol. The van der Waals surface area contributed by atoms with Crippen molar-refractivity contribution in [2.75, 3.05) is 24.2 Å². The van der Waals surface area contributed by atoms with Gasteiger partial charge in [-0.3, -0.25) is 9.79 Å². The van der Waals surface area contributed by atoms with Gasteiger partial charge >= 0.3 is 0 Å². The van der Waals surface area contributed by atoms with Crippen LogP contribution in [0.4, 0.5) is 5.69 Å². The lowest BCUT2D eigenvalue weighted by Gasteiger charge is -2.07. The molecule has 0 atom stereocenters. The van der Waals surface area contributed by atoms with Gasteiger partial charge in [-0.05, 0) is 37.1 Å². The van der Waals surface area contributed by atoms with Crippen molar-refractivity contribution in [3.8, 4) is 0 Å². The minimum atomic E-state index is 0.00130. The molecule has 0 fully saturated rings. The molecule has 96 valence electrons. The van der Waals surface area contributed by atoms with Crippen molar-refractivity contribution >= 4 is 28.5 Å². The zero-order valence-electron chi connectivity index (χ0n) is 10.6. The molecule has 0 spiro atoms. The van der Waals surface area contributed by atoms with Crippen LogP contribution in [0.1, 0.15) is 11.1 Å². The third-order valence-corrected chi connectivity index (χ3v) is 3.44. The number of amides is 1. The molecule has 0 saturated carbocycles. The number of hydrogen-bond acceptors (Lipinski definition) is 4. The molecule has 0 bridgehead atoms. The summed E-state index contributed by atoms with van der Waals surface area (Å²) in [5.74, 6) is 0.389. The zero-order valence-corrected chi connectivity index (χ0v) is 11.4. The summed E-state index contributed by atoms with van der Waals surface area (Å²) in [6.07, 6.45) is 0. The minimum absolute atomic E-state index is 0.00130. The Morgan fingerprint density at radius 1 is 1.39 bits per heavy atom. The van der Waals surface area contributed by atoms with Gasteiger partial charge in [0.05, 0.1) is 12.3 Å². The SMILES string of the molecule is Cc1cc(C)cc(NC(=O)CSC2=NCCN2)c1. The molecule has 1 amide bonds. The molecular weight excluding hydrogens is 246 g/mol. The van der Waals surface area contributed by atoms with Crippen LogP contribution in [0.15, 0.2) is 23.2 Å². The van der Waals surface area contributed by atoms with E-state index in [-0.39, 0.29) is 5.91 Å². The monoisotopic (exact) mass is 263 g/mol. The standard InChI is InChI=1S/C13H17N3OS/c1-9-5-10(2)7-11(6-9)16-12(17)8-18-13-14-3-4-15-13/h5-7H,3-4,8H2,1-2H3,(H,14,15)(H,16,17). The number of aryl methyl sites for hydroxylation is 2. The van der Waals surface area contributed by atoms with Crippen LogP contribution in [0.25, 0.3) is 0 Å². The Hall–Kier alpha value is -1.49. The van der Waals surface area contributed by atoms with Gasteiger partial charge in [-0.25, -0.2) is 0 Å². The molecule has 5 heteroatoms. The predicted octanol–water partition coefficient (Wildman–Crippen LogP) is 1.93. The van der Waals surface area contributed by atoms with E-state index < -0.39 is 0 Å². The number of carbonyl (C=O) groups excluding carboxylic acids is 1. The average Bonchev–Trinajstić information content (AvgIpc) is 2.77. The molecule has 2 N–H and O–H groups in total. The molecule has 1 aromatic rings. The van der Waals surface area contributed by atoms with Crippen LogP contribution in [0.2, 0.25) is 0 Å². The fourth-order valence-electron chi connectivity index (χ4n) is 1.85. The number of amidine groups is 1. The molecule has 0 radical (unpaired) electrons. The van der Waals surface area contributed by atoms with E-state index in [1.807, 2.05) is 26.0 Å². The lowest BCUT2D eigenvalue weighted by molar-refractivity contribution is -0.113. The highest BCUT2D eigenvalue weighted by Crippen LogP contribution is 2.14. The molecule has 0 aliphatic carbocycles. The number of nitrogens with zero attached hydrogens (tertiary/aromatic N) is 1. The lowest BCUT2D eigenvalue weighted by Crippen LogP contribution is -2.20. The van der Waals surface area contributed by atoms with E-state index in [0.29, 0.717) is 5.75 Å². The lowest BCUT2D eigenvalue weighted by atomic mass is 10.1. The Bertz CT molecular complexity index is 465.